The van der Waals surface area contributed by atoms with Gasteiger partial charge in [0.2, 0.25) is 0 Å². The van der Waals surface area contributed by atoms with Crippen LogP contribution in [0.5, 0.6) is 0 Å². The second-order valence-electron chi connectivity index (χ2n) is 5.94. The Morgan fingerprint density at radius 2 is 1.71 bits per heavy atom. The average molecular weight is 196 g/mol. The number of rotatable bonds is 1. The summed E-state index contributed by atoms with van der Waals surface area (Å²) in [5.41, 5.74) is 0.342. The van der Waals surface area contributed by atoms with E-state index in [2.05, 4.69) is 37.5 Å². The smallest absolute Gasteiger partial charge is 0.0200 e. The lowest BCUT2D eigenvalue weighted by atomic mass is 10.0. The van der Waals surface area contributed by atoms with Crippen LogP contribution < -0.4 is 0 Å². The van der Waals surface area contributed by atoms with Crippen molar-refractivity contribution < 1.29 is 0 Å². The fourth-order valence-corrected chi connectivity index (χ4v) is 2.75. The maximum Gasteiger partial charge on any atom is 0.0200 e. The van der Waals surface area contributed by atoms with E-state index in [9.17, 15) is 0 Å². The molecule has 1 aliphatic carbocycles. The Morgan fingerprint density at radius 3 is 2.14 bits per heavy atom. The van der Waals surface area contributed by atoms with Crippen molar-refractivity contribution in [1.29, 1.82) is 0 Å². The Labute approximate surface area is 88.3 Å². The van der Waals surface area contributed by atoms with E-state index in [0.29, 0.717) is 5.54 Å². The van der Waals surface area contributed by atoms with Gasteiger partial charge in [-0.15, -0.1) is 0 Å². The topological polar surface area (TPSA) is 6.48 Å². The highest BCUT2D eigenvalue weighted by molar-refractivity contribution is 4.93. The monoisotopic (exact) mass is 196 g/mol. The van der Waals surface area contributed by atoms with Gasteiger partial charge in [0.15, 0.2) is 0 Å². The lowest BCUT2D eigenvalue weighted by Gasteiger charge is -2.47. The molecule has 1 heterocycles. The third kappa shape index (κ3) is 2.12. The number of nitrogens with zero attached hydrogens (tertiary/aromatic N) is 2. The summed E-state index contributed by atoms with van der Waals surface area (Å²) in [6.07, 6.45) is 2.89. The van der Waals surface area contributed by atoms with Gasteiger partial charge < -0.3 is 0 Å². The zero-order valence-electron chi connectivity index (χ0n) is 10.1. The van der Waals surface area contributed by atoms with Crippen molar-refractivity contribution in [2.75, 3.05) is 19.6 Å². The molecule has 0 spiro atoms. The molecule has 0 bridgehead atoms. The predicted molar refractivity (Wildman–Crippen MR) is 60.5 cm³/mol. The van der Waals surface area contributed by atoms with E-state index in [1.807, 2.05) is 0 Å². The summed E-state index contributed by atoms with van der Waals surface area (Å²) in [5, 5.41) is 0. The van der Waals surface area contributed by atoms with Crippen molar-refractivity contribution in [3.63, 3.8) is 0 Å². The molecule has 0 radical (unpaired) electrons. The summed E-state index contributed by atoms with van der Waals surface area (Å²) >= 11 is 0. The van der Waals surface area contributed by atoms with Crippen LogP contribution in [0.15, 0.2) is 0 Å². The summed E-state index contributed by atoms with van der Waals surface area (Å²) in [6, 6.07) is 1.67. The molecular weight excluding hydrogens is 172 g/mol. The van der Waals surface area contributed by atoms with Gasteiger partial charge in [-0.3, -0.25) is 9.80 Å². The summed E-state index contributed by atoms with van der Waals surface area (Å²) in [5.74, 6) is 0. The summed E-state index contributed by atoms with van der Waals surface area (Å²) in [6.45, 7) is 13.2. The summed E-state index contributed by atoms with van der Waals surface area (Å²) < 4.78 is 0. The Balaban J connectivity index is 1.92. The predicted octanol–water partition coefficient (Wildman–Crippen LogP) is 1.95. The molecule has 0 aromatic rings. The van der Waals surface area contributed by atoms with Crippen LogP contribution in [0.1, 0.15) is 40.5 Å². The molecule has 2 aliphatic rings. The van der Waals surface area contributed by atoms with E-state index in [1.54, 1.807) is 0 Å². The molecule has 1 atom stereocenters. The largest absolute Gasteiger partial charge is 0.298 e. The van der Waals surface area contributed by atoms with Crippen molar-refractivity contribution >= 4 is 0 Å². The third-order valence-corrected chi connectivity index (χ3v) is 3.58. The van der Waals surface area contributed by atoms with Crippen LogP contribution in [-0.2, 0) is 0 Å². The first-order chi connectivity index (χ1) is 6.48. The summed E-state index contributed by atoms with van der Waals surface area (Å²) in [4.78, 5) is 5.33. The molecule has 2 fully saturated rings. The molecule has 2 nitrogen and oxygen atoms in total. The normalized spacial score (nSPS) is 32.1. The van der Waals surface area contributed by atoms with Crippen LogP contribution in [0.3, 0.4) is 0 Å². The van der Waals surface area contributed by atoms with Crippen LogP contribution in [0.4, 0.5) is 0 Å². The van der Waals surface area contributed by atoms with Crippen molar-refractivity contribution in [3.8, 4) is 0 Å². The highest BCUT2D eigenvalue weighted by Gasteiger charge is 2.36. The first-order valence-electron chi connectivity index (χ1n) is 5.99. The molecule has 0 aromatic heterocycles. The Kier molecular flexibility index (Phi) is 2.61. The van der Waals surface area contributed by atoms with Crippen molar-refractivity contribution in [2.24, 2.45) is 0 Å². The van der Waals surface area contributed by atoms with Gasteiger partial charge in [0.25, 0.3) is 0 Å². The second kappa shape index (κ2) is 3.49. The minimum atomic E-state index is 0.342. The van der Waals surface area contributed by atoms with E-state index in [-0.39, 0.29) is 0 Å². The first-order valence-corrected chi connectivity index (χ1v) is 5.99. The Morgan fingerprint density at radius 1 is 1.07 bits per heavy atom. The molecule has 14 heavy (non-hydrogen) atoms. The number of hydrogen-bond acceptors (Lipinski definition) is 2. The van der Waals surface area contributed by atoms with E-state index in [1.165, 1.54) is 32.5 Å². The van der Waals surface area contributed by atoms with Gasteiger partial charge in [-0.2, -0.15) is 0 Å². The lowest BCUT2D eigenvalue weighted by Crippen LogP contribution is -2.58. The molecule has 82 valence electrons. The van der Waals surface area contributed by atoms with Gasteiger partial charge in [0.1, 0.15) is 0 Å². The molecule has 2 rings (SSSR count). The molecule has 0 unspecified atom stereocenters. The number of hydrogen-bond donors (Lipinski definition) is 0. The fraction of sp³-hybridized carbons (Fsp3) is 1.00. The molecule has 2 heteroatoms. The third-order valence-electron chi connectivity index (χ3n) is 3.58. The van der Waals surface area contributed by atoms with E-state index < -0.39 is 0 Å². The van der Waals surface area contributed by atoms with Crippen LogP contribution in [0.25, 0.3) is 0 Å². The van der Waals surface area contributed by atoms with E-state index in [0.717, 1.165) is 12.1 Å². The molecule has 1 saturated heterocycles. The minimum Gasteiger partial charge on any atom is -0.298 e. The van der Waals surface area contributed by atoms with Crippen LogP contribution in [0, 0.1) is 0 Å². The van der Waals surface area contributed by atoms with Crippen molar-refractivity contribution in [2.45, 2.75) is 58.2 Å². The van der Waals surface area contributed by atoms with E-state index >= 15 is 0 Å². The average Bonchev–Trinajstić information content (AvgIpc) is 2.83. The van der Waals surface area contributed by atoms with Crippen LogP contribution >= 0.6 is 0 Å². The van der Waals surface area contributed by atoms with Gasteiger partial charge in [-0.25, -0.2) is 0 Å². The summed E-state index contributed by atoms with van der Waals surface area (Å²) in [7, 11) is 0. The van der Waals surface area contributed by atoms with E-state index in [4.69, 9.17) is 0 Å². The minimum absolute atomic E-state index is 0.342. The van der Waals surface area contributed by atoms with Gasteiger partial charge in [0, 0.05) is 37.3 Å². The molecular formula is C12H24N2. The quantitative estimate of drug-likeness (QED) is 0.632. The zero-order chi connectivity index (χ0) is 10.3. The fourth-order valence-electron chi connectivity index (χ4n) is 2.75. The van der Waals surface area contributed by atoms with Gasteiger partial charge in [-0.1, -0.05) is 0 Å². The molecule has 0 aromatic carbocycles. The van der Waals surface area contributed by atoms with Crippen LogP contribution in [0.2, 0.25) is 0 Å². The van der Waals surface area contributed by atoms with Gasteiger partial charge >= 0.3 is 0 Å². The van der Waals surface area contributed by atoms with Gasteiger partial charge in [0.05, 0.1) is 0 Å². The molecule has 0 N–H and O–H groups in total. The number of piperazine rings is 1. The first kappa shape index (κ1) is 10.4. The Bertz CT molecular complexity index is 203. The molecule has 1 aliphatic heterocycles. The highest BCUT2D eigenvalue weighted by Crippen LogP contribution is 2.30. The van der Waals surface area contributed by atoms with Crippen molar-refractivity contribution in [3.05, 3.63) is 0 Å². The zero-order valence-corrected chi connectivity index (χ0v) is 10.1. The maximum atomic E-state index is 2.69. The Hall–Kier alpha value is -0.0800. The second-order valence-corrected chi connectivity index (χ2v) is 5.94. The molecule has 0 amide bonds. The van der Waals surface area contributed by atoms with Crippen molar-refractivity contribution in [1.82, 2.24) is 9.80 Å². The van der Waals surface area contributed by atoms with Crippen LogP contribution in [-0.4, -0.2) is 47.1 Å². The maximum absolute atomic E-state index is 2.69. The lowest BCUT2D eigenvalue weighted by molar-refractivity contribution is 0.0150. The SMILES string of the molecule is C[C@@H]1CN(C2CC2)CCN1C(C)(C)C. The van der Waals surface area contributed by atoms with Gasteiger partial charge in [-0.05, 0) is 40.5 Å². The molecule has 1 saturated carbocycles. The standard InChI is InChI=1S/C12H24N2/c1-10-9-13(11-5-6-11)7-8-14(10)12(2,3)4/h10-11H,5-9H2,1-4H3/t10-/m1/s1. The highest BCUT2D eigenvalue weighted by atomic mass is 15.3.